The summed E-state index contributed by atoms with van der Waals surface area (Å²) in [5.74, 6) is -0.686. The van der Waals surface area contributed by atoms with Gasteiger partial charge in [0.25, 0.3) is 0 Å². The highest BCUT2D eigenvalue weighted by atomic mass is 79.9. The molecule has 0 aliphatic heterocycles. The van der Waals surface area contributed by atoms with Crippen LogP contribution in [0.2, 0.25) is 0 Å². The molecule has 1 amide bonds. The highest BCUT2D eigenvalue weighted by Crippen LogP contribution is 2.13. The monoisotopic (exact) mass is 245 g/mol. The third kappa shape index (κ3) is 2.81. The number of carbonyl (C=O) groups excluding carboxylic acids is 1. The molecule has 1 atom stereocenters. The lowest BCUT2D eigenvalue weighted by Gasteiger charge is -2.06. The Morgan fingerprint density at radius 1 is 1.54 bits per heavy atom. The fraction of sp³-hybridized carbons (Fsp3) is 0.222. The zero-order valence-electron chi connectivity index (χ0n) is 7.05. The van der Waals surface area contributed by atoms with Gasteiger partial charge in [-0.25, -0.2) is 4.39 Å². The molecule has 70 valence electrons. The molecule has 2 nitrogen and oxygen atoms in total. The van der Waals surface area contributed by atoms with Crippen molar-refractivity contribution in [2.75, 3.05) is 5.32 Å². The summed E-state index contributed by atoms with van der Waals surface area (Å²) in [6, 6.07) is 6.05. The van der Waals surface area contributed by atoms with E-state index in [2.05, 4.69) is 21.2 Å². The highest BCUT2D eigenvalue weighted by molar-refractivity contribution is 9.10. The minimum atomic E-state index is -0.427. The van der Waals surface area contributed by atoms with Crippen LogP contribution < -0.4 is 5.32 Å². The van der Waals surface area contributed by atoms with Crippen molar-refractivity contribution in [3.8, 4) is 0 Å². The summed E-state index contributed by atoms with van der Waals surface area (Å²) >= 11 is 3.09. The van der Waals surface area contributed by atoms with Crippen LogP contribution in [-0.2, 0) is 4.79 Å². The molecule has 1 rings (SSSR count). The molecule has 1 aromatic rings. The lowest BCUT2D eigenvalue weighted by atomic mass is 10.3. The summed E-state index contributed by atoms with van der Waals surface area (Å²) in [6.45, 7) is 1.68. The largest absolute Gasteiger partial charge is 0.323 e. The van der Waals surface area contributed by atoms with Crippen LogP contribution in [0.25, 0.3) is 0 Å². The SMILES string of the molecule is CC(Br)C(=O)Nc1ccccc1F. The number of hydrogen-bond donors (Lipinski definition) is 1. The second-order valence-corrected chi connectivity index (χ2v) is 3.96. The minimum absolute atomic E-state index is 0.207. The average molecular weight is 246 g/mol. The first-order chi connectivity index (χ1) is 6.11. The zero-order valence-corrected chi connectivity index (χ0v) is 8.64. The van der Waals surface area contributed by atoms with Gasteiger partial charge in [-0.1, -0.05) is 28.1 Å². The predicted octanol–water partition coefficient (Wildman–Crippen LogP) is 2.55. The Balaban J connectivity index is 2.75. The van der Waals surface area contributed by atoms with Crippen molar-refractivity contribution in [2.45, 2.75) is 11.8 Å². The van der Waals surface area contributed by atoms with Crippen LogP contribution in [0.3, 0.4) is 0 Å². The van der Waals surface area contributed by atoms with Crippen LogP contribution >= 0.6 is 15.9 Å². The molecule has 13 heavy (non-hydrogen) atoms. The van der Waals surface area contributed by atoms with Gasteiger partial charge in [0, 0.05) is 0 Å². The van der Waals surface area contributed by atoms with E-state index >= 15 is 0 Å². The van der Waals surface area contributed by atoms with Crippen LogP contribution in [0.4, 0.5) is 10.1 Å². The van der Waals surface area contributed by atoms with E-state index in [9.17, 15) is 9.18 Å². The molecule has 0 aliphatic carbocycles. The van der Waals surface area contributed by atoms with Crippen molar-refractivity contribution in [2.24, 2.45) is 0 Å². The number of benzene rings is 1. The molecular formula is C9H9BrFNO. The average Bonchev–Trinajstić information content (AvgIpc) is 2.08. The van der Waals surface area contributed by atoms with Crippen molar-refractivity contribution in [3.05, 3.63) is 30.1 Å². The molecule has 1 unspecified atom stereocenters. The summed E-state index contributed by atoms with van der Waals surface area (Å²) < 4.78 is 13.0. The number of anilines is 1. The smallest absolute Gasteiger partial charge is 0.237 e. The number of para-hydroxylation sites is 1. The number of halogens is 2. The normalized spacial score (nSPS) is 12.2. The first-order valence-corrected chi connectivity index (χ1v) is 4.72. The van der Waals surface area contributed by atoms with E-state index in [1.807, 2.05) is 0 Å². The van der Waals surface area contributed by atoms with Crippen molar-refractivity contribution >= 4 is 27.5 Å². The quantitative estimate of drug-likeness (QED) is 0.798. The Kier molecular flexibility index (Phi) is 3.42. The van der Waals surface area contributed by atoms with Gasteiger partial charge in [0.15, 0.2) is 0 Å². The van der Waals surface area contributed by atoms with Gasteiger partial charge in [0.2, 0.25) is 5.91 Å². The third-order valence-electron chi connectivity index (χ3n) is 1.49. The van der Waals surface area contributed by atoms with E-state index < -0.39 is 5.82 Å². The molecule has 1 N–H and O–H groups in total. The second kappa shape index (κ2) is 4.37. The van der Waals surface area contributed by atoms with E-state index in [0.717, 1.165) is 0 Å². The van der Waals surface area contributed by atoms with Gasteiger partial charge >= 0.3 is 0 Å². The van der Waals surface area contributed by atoms with Crippen molar-refractivity contribution in [1.29, 1.82) is 0 Å². The van der Waals surface area contributed by atoms with Crippen LogP contribution in [-0.4, -0.2) is 10.7 Å². The Labute approximate surface area is 84.3 Å². The highest BCUT2D eigenvalue weighted by Gasteiger charge is 2.10. The molecule has 0 saturated carbocycles. The van der Waals surface area contributed by atoms with Gasteiger partial charge in [-0.2, -0.15) is 0 Å². The zero-order chi connectivity index (χ0) is 9.84. The number of hydrogen-bond acceptors (Lipinski definition) is 1. The lowest BCUT2D eigenvalue weighted by molar-refractivity contribution is -0.115. The molecule has 0 aliphatic rings. The molecule has 4 heteroatoms. The number of carbonyl (C=O) groups is 1. The van der Waals surface area contributed by atoms with Crippen LogP contribution in [0.1, 0.15) is 6.92 Å². The molecule has 0 heterocycles. The first kappa shape index (κ1) is 10.2. The predicted molar refractivity (Wildman–Crippen MR) is 53.4 cm³/mol. The summed E-state index contributed by atoms with van der Waals surface area (Å²) in [5, 5.41) is 2.45. The van der Waals surface area contributed by atoms with Gasteiger partial charge in [-0.05, 0) is 19.1 Å². The standard InChI is InChI=1S/C9H9BrFNO/c1-6(10)9(13)12-8-5-3-2-4-7(8)11/h2-6H,1H3,(H,12,13). The summed E-state index contributed by atoms with van der Waals surface area (Å²) in [4.78, 5) is 10.8. The summed E-state index contributed by atoms with van der Waals surface area (Å²) in [7, 11) is 0. The van der Waals surface area contributed by atoms with E-state index in [0.29, 0.717) is 0 Å². The molecule has 0 radical (unpaired) electrons. The van der Waals surface area contributed by atoms with Crippen molar-refractivity contribution < 1.29 is 9.18 Å². The lowest BCUT2D eigenvalue weighted by Crippen LogP contribution is -2.20. The number of alkyl halides is 1. The molecular weight excluding hydrogens is 237 g/mol. The van der Waals surface area contributed by atoms with Crippen molar-refractivity contribution in [3.63, 3.8) is 0 Å². The minimum Gasteiger partial charge on any atom is -0.323 e. The maximum atomic E-state index is 13.0. The fourth-order valence-electron chi connectivity index (χ4n) is 0.795. The molecule has 0 bridgehead atoms. The number of amides is 1. The van der Waals surface area contributed by atoms with Gasteiger partial charge in [0.05, 0.1) is 10.5 Å². The fourth-order valence-corrected chi connectivity index (χ4v) is 0.909. The number of rotatable bonds is 2. The molecule has 1 aromatic carbocycles. The van der Waals surface area contributed by atoms with Crippen LogP contribution in [0.5, 0.6) is 0 Å². The van der Waals surface area contributed by atoms with Gasteiger partial charge in [-0.15, -0.1) is 0 Å². The first-order valence-electron chi connectivity index (χ1n) is 3.80. The topological polar surface area (TPSA) is 29.1 Å². The molecule has 0 fully saturated rings. The second-order valence-electron chi connectivity index (χ2n) is 2.59. The van der Waals surface area contributed by atoms with Gasteiger partial charge in [-0.3, -0.25) is 4.79 Å². The number of nitrogens with one attached hydrogen (secondary N) is 1. The van der Waals surface area contributed by atoms with E-state index in [-0.39, 0.29) is 16.4 Å². The van der Waals surface area contributed by atoms with Crippen LogP contribution in [0.15, 0.2) is 24.3 Å². The van der Waals surface area contributed by atoms with E-state index in [1.165, 1.54) is 12.1 Å². The van der Waals surface area contributed by atoms with Crippen LogP contribution in [0, 0.1) is 5.82 Å². The Morgan fingerprint density at radius 2 is 2.15 bits per heavy atom. The van der Waals surface area contributed by atoms with E-state index in [1.54, 1.807) is 19.1 Å². The van der Waals surface area contributed by atoms with Crippen molar-refractivity contribution in [1.82, 2.24) is 0 Å². The van der Waals surface area contributed by atoms with E-state index in [4.69, 9.17) is 0 Å². The summed E-state index contributed by atoms with van der Waals surface area (Å²) in [5.41, 5.74) is 0.207. The maximum absolute atomic E-state index is 13.0. The Bertz CT molecular complexity index is 314. The molecule has 0 spiro atoms. The Hall–Kier alpha value is -0.900. The third-order valence-corrected chi connectivity index (χ3v) is 1.91. The van der Waals surface area contributed by atoms with Gasteiger partial charge < -0.3 is 5.32 Å². The van der Waals surface area contributed by atoms with Gasteiger partial charge in [0.1, 0.15) is 5.82 Å². The summed E-state index contributed by atoms with van der Waals surface area (Å²) in [6.07, 6.45) is 0. The maximum Gasteiger partial charge on any atom is 0.237 e. The Morgan fingerprint density at radius 3 is 2.69 bits per heavy atom. The molecule has 0 saturated heterocycles. The molecule has 0 aromatic heterocycles.